The Morgan fingerprint density at radius 1 is 1.35 bits per heavy atom. The topological polar surface area (TPSA) is 41.3 Å². The molecule has 0 amide bonds. The van der Waals surface area contributed by atoms with E-state index in [-0.39, 0.29) is 5.41 Å². The summed E-state index contributed by atoms with van der Waals surface area (Å²) >= 11 is 14.3. The Labute approximate surface area is 134 Å². The molecule has 1 aromatic carbocycles. The van der Waals surface area contributed by atoms with Gasteiger partial charge in [-0.2, -0.15) is 0 Å². The van der Waals surface area contributed by atoms with Crippen LogP contribution in [-0.4, -0.2) is 4.52 Å². The first-order valence-corrected chi connectivity index (χ1v) is 8.16. The SMILES string of the molecule is CCCCC(C)(C1=CNN(N)S1)c1c(Cl)cccc1Cl. The number of hydrogen-bond donors (Lipinski definition) is 2. The fourth-order valence-electron chi connectivity index (χ4n) is 2.47. The zero-order valence-electron chi connectivity index (χ0n) is 11.6. The zero-order chi connectivity index (χ0) is 14.8. The Balaban J connectivity index is 2.46. The molecule has 0 bridgehead atoms. The second-order valence-electron chi connectivity index (χ2n) is 5.09. The van der Waals surface area contributed by atoms with Crippen molar-refractivity contribution in [2.75, 3.05) is 0 Å². The summed E-state index contributed by atoms with van der Waals surface area (Å²) in [6.07, 6.45) is 5.12. The molecular formula is C14H19Cl2N3S. The second kappa shape index (κ2) is 6.58. The van der Waals surface area contributed by atoms with Gasteiger partial charge in [-0.05, 0) is 30.5 Å². The molecule has 0 fully saturated rings. The van der Waals surface area contributed by atoms with Crippen molar-refractivity contribution in [3.63, 3.8) is 0 Å². The summed E-state index contributed by atoms with van der Waals surface area (Å²) in [7, 11) is 0. The molecule has 3 N–H and O–H groups in total. The number of nitrogens with one attached hydrogen (secondary N) is 1. The average Bonchev–Trinajstić information content (AvgIpc) is 2.83. The van der Waals surface area contributed by atoms with Crippen LogP contribution in [0.3, 0.4) is 0 Å². The molecule has 0 radical (unpaired) electrons. The smallest absolute Gasteiger partial charge is 0.0462 e. The minimum absolute atomic E-state index is 0.239. The van der Waals surface area contributed by atoms with E-state index in [2.05, 4.69) is 19.3 Å². The molecule has 0 spiro atoms. The van der Waals surface area contributed by atoms with Crippen LogP contribution in [0.4, 0.5) is 0 Å². The number of hydrogen-bond acceptors (Lipinski definition) is 4. The minimum Gasteiger partial charge on any atom is -0.302 e. The fraction of sp³-hybridized carbons (Fsp3) is 0.429. The van der Waals surface area contributed by atoms with Gasteiger partial charge in [-0.1, -0.05) is 60.5 Å². The number of nitrogens with zero attached hydrogens (tertiary/aromatic N) is 1. The first-order valence-electron chi connectivity index (χ1n) is 6.63. The van der Waals surface area contributed by atoms with Gasteiger partial charge < -0.3 is 5.43 Å². The maximum atomic E-state index is 6.42. The van der Waals surface area contributed by atoms with Crippen molar-refractivity contribution >= 4 is 35.1 Å². The number of halogens is 2. The van der Waals surface area contributed by atoms with Crippen molar-refractivity contribution < 1.29 is 0 Å². The molecule has 0 aromatic heterocycles. The van der Waals surface area contributed by atoms with Gasteiger partial charge in [0, 0.05) is 32.1 Å². The Morgan fingerprint density at radius 3 is 2.50 bits per heavy atom. The lowest BCUT2D eigenvalue weighted by atomic mass is 9.77. The Kier molecular flexibility index (Phi) is 5.26. The summed E-state index contributed by atoms with van der Waals surface area (Å²) in [5.74, 6) is 5.77. The van der Waals surface area contributed by atoms with Crippen molar-refractivity contribution in [1.82, 2.24) is 9.95 Å². The molecule has 1 unspecified atom stereocenters. The number of allylic oxidation sites excluding steroid dienone is 1. The third kappa shape index (κ3) is 3.10. The zero-order valence-corrected chi connectivity index (χ0v) is 13.9. The van der Waals surface area contributed by atoms with Gasteiger partial charge in [0.2, 0.25) is 0 Å². The normalized spacial score (nSPS) is 18.6. The van der Waals surface area contributed by atoms with Crippen LogP contribution in [0.5, 0.6) is 0 Å². The monoisotopic (exact) mass is 331 g/mol. The van der Waals surface area contributed by atoms with E-state index in [0.29, 0.717) is 10.0 Å². The van der Waals surface area contributed by atoms with Crippen LogP contribution in [0.15, 0.2) is 29.3 Å². The highest BCUT2D eigenvalue weighted by molar-refractivity contribution is 8.01. The molecule has 3 nitrogen and oxygen atoms in total. The van der Waals surface area contributed by atoms with Crippen LogP contribution in [0.25, 0.3) is 0 Å². The van der Waals surface area contributed by atoms with Gasteiger partial charge in [-0.25, -0.2) is 5.84 Å². The highest BCUT2D eigenvalue weighted by Crippen LogP contribution is 2.48. The third-order valence-corrected chi connectivity index (χ3v) is 5.31. The van der Waals surface area contributed by atoms with Gasteiger partial charge in [-0.3, -0.25) is 0 Å². The largest absolute Gasteiger partial charge is 0.302 e. The van der Waals surface area contributed by atoms with Crippen LogP contribution < -0.4 is 11.3 Å². The molecule has 0 saturated carbocycles. The van der Waals surface area contributed by atoms with E-state index in [1.807, 2.05) is 24.4 Å². The second-order valence-corrected chi connectivity index (χ2v) is 6.92. The minimum atomic E-state index is -0.239. The number of hydrazine groups is 2. The molecule has 0 saturated heterocycles. The van der Waals surface area contributed by atoms with Gasteiger partial charge in [0.15, 0.2) is 0 Å². The number of unbranched alkanes of at least 4 members (excludes halogenated alkanes) is 1. The summed E-state index contributed by atoms with van der Waals surface area (Å²) in [5.41, 5.74) is 3.73. The standard InChI is InChI=1S/C14H19Cl2N3S/c1-3-4-8-14(2,12-9-18-19(17)20-12)13-10(15)6-5-7-11(13)16/h5-7,9,18H,3-4,8,17H2,1-2H3. The van der Waals surface area contributed by atoms with Crippen LogP contribution in [0, 0.1) is 0 Å². The molecule has 110 valence electrons. The van der Waals surface area contributed by atoms with E-state index in [4.69, 9.17) is 29.0 Å². The number of benzene rings is 1. The first-order chi connectivity index (χ1) is 9.49. The highest BCUT2D eigenvalue weighted by atomic mass is 35.5. The lowest BCUT2D eigenvalue weighted by Gasteiger charge is -2.32. The van der Waals surface area contributed by atoms with E-state index in [0.717, 1.165) is 29.7 Å². The summed E-state index contributed by atoms with van der Waals surface area (Å²) in [4.78, 5) is 1.13. The molecule has 1 heterocycles. The van der Waals surface area contributed by atoms with Gasteiger partial charge >= 0.3 is 0 Å². The maximum absolute atomic E-state index is 6.42. The third-order valence-electron chi connectivity index (χ3n) is 3.61. The van der Waals surface area contributed by atoms with Crippen molar-refractivity contribution in [3.05, 3.63) is 44.9 Å². The number of nitrogens with two attached hydrogens (primary N) is 1. The molecule has 1 aliphatic heterocycles. The average molecular weight is 332 g/mol. The quantitative estimate of drug-likeness (QED) is 0.609. The molecule has 20 heavy (non-hydrogen) atoms. The fourth-order valence-corrected chi connectivity index (χ4v) is 4.11. The first kappa shape index (κ1) is 16.0. The van der Waals surface area contributed by atoms with Gasteiger partial charge in [-0.15, -0.1) is 0 Å². The van der Waals surface area contributed by atoms with Crippen molar-refractivity contribution in [1.29, 1.82) is 0 Å². The number of rotatable bonds is 5. The van der Waals surface area contributed by atoms with Gasteiger partial charge in [0.1, 0.15) is 0 Å². The van der Waals surface area contributed by atoms with Crippen molar-refractivity contribution in [3.8, 4) is 0 Å². The van der Waals surface area contributed by atoms with Crippen LogP contribution in [-0.2, 0) is 5.41 Å². The van der Waals surface area contributed by atoms with Crippen LogP contribution >= 0.6 is 35.1 Å². The predicted octanol–water partition coefficient (Wildman–Crippen LogP) is 4.62. The lowest BCUT2D eigenvalue weighted by Crippen LogP contribution is -2.30. The molecule has 1 atom stereocenters. The van der Waals surface area contributed by atoms with E-state index < -0.39 is 0 Å². The molecule has 1 aliphatic rings. The van der Waals surface area contributed by atoms with Crippen molar-refractivity contribution in [2.45, 2.75) is 38.5 Å². The van der Waals surface area contributed by atoms with E-state index in [1.54, 1.807) is 0 Å². The Morgan fingerprint density at radius 2 is 2.00 bits per heavy atom. The Bertz CT molecular complexity index is 501. The summed E-state index contributed by atoms with van der Waals surface area (Å²) in [6.45, 7) is 4.35. The summed E-state index contributed by atoms with van der Waals surface area (Å²) in [5, 5.41) is 1.40. The van der Waals surface area contributed by atoms with Crippen LogP contribution in [0.1, 0.15) is 38.7 Å². The molecular weight excluding hydrogens is 313 g/mol. The molecule has 2 rings (SSSR count). The van der Waals surface area contributed by atoms with Crippen LogP contribution in [0.2, 0.25) is 10.0 Å². The lowest BCUT2D eigenvalue weighted by molar-refractivity contribution is 0.440. The maximum Gasteiger partial charge on any atom is 0.0462 e. The summed E-state index contributed by atoms with van der Waals surface area (Å²) < 4.78 is 1.49. The van der Waals surface area contributed by atoms with E-state index in [1.165, 1.54) is 16.5 Å². The van der Waals surface area contributed by atoms with Crippen molar-refractivity contribution in [2.24, 2.45) is 5.84 Å². The molecule has 0 aliphatic carbocycles. The summed E-state index contributed by atoms with van der Waals surface area (Å²) in [6, 6.07) is 5.65. The molecule has 6 heteroatoms. The van der Waals surface area contributed by atoms with Gasteiger partial charge in [0.05, 0.1) is 0 Å². The highest BCUT2D eigenvalue weighted by Gasteiger charge is 2.37. The predicted molar refractivity (Wildman–Crippen MR) is 88.2 cm³/mol. The molecule has 1 aromatic rings. The Hall–Kier alpha value is -0.390. The van der Waals surface area contributed by atoms with Gasteiger partial charge in [0.25, 0.3) is 0 Å². The van der Waals surface area contributed by atoms with E-state index >= 15 is 0 Å². The van der Waals surface area contributed by atoms with E-state index in [9.17, 15) is 0 Å².